The predicted molar refractivity (Wildman–Crippen MR) is 67.6 cm³/mol. The van der Waals surface area contributed by atoms with E-state index >= 15 is 0 Å². The Morgan fingerprint density at radius 3 is 2.84 bits per heavy atom. The van der Waals surface area contributed by atoms with Crippen LogP contribution in [0.2, 0.25) is 5.02 Å². The van der Waals surface area contributed by atoms with Crippen LogP contribution in [-0.2, 0) is 0 Å². The van der Waals surface area contributed by atoms with Crippen molar-refractivity contribution in [2.75, 3.05) is 11.9 Å². The normalized spacial score (nSPS) is 10.3. The highest BCUT2D eigenvalue weighted by atomic mass is 35.5. The molecular weight excluding hydrogens is 276 g/mol. The molecule has 2 rings (SSSR count). The third-order valence-corrected chi connectivity index (χ3v) is 2.41. The van der Waals surface area contributed by atoms with E-state index in [0.29, 0.717) is 12.5 Å². The smallest absolute Gasteiger partial charge is 0.243 e. The first kappa shape index (κ1) is 13.5. The quantitative estimate of drug-likeness (QED) is 0.932. The fraction of sp³-hybridized carbons (Fsp3) is 0.167. The average molecular weight is 286 g/mol. The highest BCUT2D eigenvalue weighted by molar-refractivity contribution is 6.31. The summed E-state index contributed by atoms with van der Waals surface area (Å²) >= 11 is 5.86. The molecule has 0 aliphatic heterocycles. The van der Waals surface area contributed by atoms with Crippen LogP contribution in [0.4, 0.5) is 14.7 Å². The van der Waals surface area contributed by atoms with Crippen molar-refractivity contribution in [2.24, 2.45) is 0 Å². The summed E-state index contributed by atoms with van der Waals surface area (Å²) in [6.07, 6.45) is 1.34. The number of anilines is 1. The third-order valence-electron chi connectivity index (χ3n) is 2.15. The Morgan fingerprint density at radius 2 is 2.16 bits per heavy atom. The number of hydrogen-bond donors (Lipinski definition) is 1. The minimum Gasteiger partial charge on any atom is -0.434 e. The molecule has 4 nitrogen and oxygen atoms in total. The van der Waals surface area contributed by atoms with Gasteiger partial charge < -0.3 is 10.1 Å². The van der Waals surface area contributed by atoms with Crippen LogP contribution < -0.4 is 10.1 Å². The Labute approximate surface area is 113 Å². The lowest BCUT2D eigenvalue weighted by atomic mass is 10.3. The van der Waals surface area contributed by atoms with Crippen LogP contribution in [-0.4, -0.2) is 16.5 Å². The Hall–Kier alpha value is -1.95. The number of hydrogen-bond acceptors (Lipinski definition) is 4. The largest absolute Gasteiger partial charge is 0.434 e. The zero-order valence-electron chi connectivity index (χ0n) is 9.95. The van der Waals surface area contributed by atoms with Gasteiger partial charge in [0.2, 0.25) is 11.8 Å². The fourth-order valence-corrected chi connectivity index (χ4v) is 1.46. The number of halogens is 3. The summed E-state index contributed by atoms with van der Waals surface area (Å²) in [6.45, 7) is 2.49. The highest BCUT2D eigenvalue weighted by Gasteiger charge is 2.11. The number of aromatic nitrogens is 2. The van der Waals surface area contributed by atoms with E-state index in [1.807, 2.05) is 6.92 Å². The molecule has 0 fully saturated rings. The molecule has 0 saturated heterocycles. The van der Waals surface area contributed by atoms with Crippen LogP contribution in [0.25, 0.3) is 0 Å². The molecule has 0 saturated carbocycles. The van der Waals surface area contributed by atoms with Crippen molar-refractivity contribution in [3.05, 3.63) is 41.1 Å². The Morgan fingerprint density at radius 1 is 1.37 bits per heavy atom. The van der Waals surface area contributed by atoms with Gasteiger partial charge in [-0.15, -0.1) is 0 Å². The van der Waals surface area contributed by atoms with Crippen molar-refractivity contribution in [3.8, 4) is 11.6 Å². The summed E-state index contributed by atoms with van der Waals surface area (Å²) in [5, 5.41) is 3.00. The summed E-state index contributed by atoms with van der Waals surface area (Å²) in [7, 11) is 0. The molecule has 1 N–H and O–H groups in total. The Bertz CT molecular complexity index is 595. The molecule has 7 heteroatoms. The van der Waals surface area contributed by atoms with E-state index in [-0.39, 0.29) is 16.7 Å². The molecule has 0 bridgehead atoms. The van der Waals surface area contributed by atoms with Crippen LogP contribution in [0.5, 0.6) is 11.6 Å². The molecule has 19 heavy (non-hydrogen) atoms. The number of nitrogens with zero attached hydrogens (tertiary/aromatic N) is 2. The van der Waals surface area contributed by atoms with Gasteiger partial charge in [0.15, 0.2) is 11.6 Å². The summed E-state index contributed by atoms with van der Waals surface area (Å²) in [4.78, 5) is 7.90. The van der Waals surface area contributed by atoms with E-state index < -0.39 is 11.6 Å². The molecule has 2 aromatic rings. The molecule has 0 unspecified atom stereocenters. The monoisotopic (exact) mass is 285 g/mol. The molecule has 1 heterocycles. The molecule has 1 aromatic carbocycles. The second kappa shape index (κ2) is 5.79. The summed E-state index contributed by atoms with van der Waals surface area (Å²) < 4.78 is 31.4. The lowest BCUT2D eigenvalue weighted by Crippen LogP contribution is -2.03. The van der Waals surface area contributed by atoms with Crippen molar-refractivity contribution >= 4 is 17.5 Å². The molecule has 0 spiro atoms. The van der Waals surface area contributed by atoms with Crippen LogP contribution >= 0.6 is 11.6 Å². The Balaban J connectivity index is 2.29. The van der Waals surface area contributed by atoms with E-state index in [9.17, 15) is 8.78 Å². The van der Waals surface area contributed by atoms with Gasteiger partial charge in [-0.2, -0.15) is 4.98 Å². The lowest BCUT2D eigenvalue weighted by molar-refractivity contribution is 0.423. The highest BCUT2D eigenvalue weighted by Crippen LogP contribution is 2.29. The molecule has 1 aromatic heterocycles. The molecule has 0 aliphatic rings. The molecular formula is C12H10ClF2N3O. The fourth-order valence-electron chi connectivity index (χ4n) is 1.33. The van der Waals surface area contributed by atoms with Gasteiger partial charge in [0.25, 0.3) is 0 Å². The minimum atomic E-state index is -0.834. The van der Waals surface area contributed by atoms with Gasteiger partial charge in [-0.3, -0.25) is 0 Å². The maximum absolute atomic E-state index is 13.4. The second-order valence-electron chi connectivity index (χ2n) is 3.55. The lowest BCUT2D eigenvalue weighted by Gasteiger charge is -2.09. The van der Waals surface area contributed by atoms with Gasteiger partial charge in [-0.25, -0.2) is 13.8 Å². The number of benzene rings is 1. The zero-order valence-corrected chi connectivity index (χ0v) is 10.7. The maximum atomic E-state index is 13.4. The van der Waals surface area contributed by atoms with Crippen molar-refractivity contribution < 1.29 is 13.5 Å². The van der Waals surface area contributed by atoms with Gasteiger partial charge in [-0.1, -0.05) is 11.6 Å². The molecule has 0 radical (unpaired) electrons. The first-order chi connectivity index (χ1) is 9.10. The third kappa shape index (κ3) is 3.29. The van der Waals surface area contributed by atoms with Crippen LogP contribution in [0.3, 0.4) is 0 Å². The van der Waals surface area contributed by atoms with Crippen LogP contribution in [0.15, 0.2) is 24.4 Å². The van der Waals surface area contributed by atoms with Crippen molar-refractivity contribution in [2.45, 2.75) is 6.92 Å². The standard InChI is InChI=1S/C12H10ClF2N3O/c1-2-16-12-17-6-8(13)11(18-12)19-10-4-3-7(14)5-9(10)15/h3-6H,2H2,1H3,(H,16,17,18). The average Bonchev–Trinajstić information content (AvgIpc) is 2.37. The van der Waals surface area contributed by atoms with Crippen molar-refractivity contribution in [1.82, 2.24) is 9.97 Å². The van der Waals surface area contributed by atoms with Gasteiger partial charge in [0.1, 0.15) is 10.8 Å². The molecule has 0 amide bonds. The molecule has 0 aliphatic carbocycles. The van der Waals surface area contributed by atoms with Gasteiger partial charge in [0.05, 0.1) is 6.20 Å². The van der Waals surface area contributed by atoms with E-state index in [4.69, 9.17) is 16.3 Å². The summed E-state index contributed by atoms with van der Waals surface area (Å²) in [5.74, 6) is -1.38. The number of rotatable bonds is 4. The topological polar surface area (TPSA) is 47.0 Å². The molecule has 100 valence electrons. The van der Waals surface area contributed by atoms with E-state index in [1.54, 1.807) is 0 Å². The van der Waals surface area contributed by atoms with Gasteiger partial charge in [0, 0.05) is 12.6 Å². The Kier molecular flexibility index (Phi) is 4.11. The van der Waals surface area contributed by atoms with Gasteiger partial charge >= 0.3 is 0 Å². The van der Waals surface area contributed by atoms with Crippen LogP contribution in [0.1, 0.15) is 6.92 Å². The molecule has 0 atom stereocenters. The predicted octanol–water partition coefficient (Wildman–Crippen LogP) is 3.63. The van der Waals surface area contributed by atoms with Crippen molar-refractivity contribution in [1.29, 1.82) is 0 Å². The van der Waals surface area contributed by atoms with E-state index in [2.05, 4.69) is 15.3 Å². The maximum Gasteiger partial charge on any atom is 0.243 e. The van der Waals surface area contributed by atoms with E-state index in [1.165, 1.54) is 6.20 Å². The zero-order chi connectivity index (χ0) is 13.8. The van der Waals surface area contributed by atoms with E-state index in [0.717, 1.165) is 18.2 Å². The summed E-state index contributed by atoms with van der Waals surface area (Å²) in [6, 6.07) is 2.96. The first-order valence-corrected chi connectivity index (χ1v) is 5.87. The van der Waals surface area contributed by atoms with Crippen molar-refractivity contribution in [3.63, 3.8) is 0 Å². The first-order valence-electron chi connectivity index (χ1n) is 5.49. The minimum absolute atomic E-state index is 0.00174. The number of nitrogens with one attached hydrogen (secondary N) is 1. The second-order valence-corrected chi connectivity index (χ2v) is 3.96. The van der Waals surface area contributed by atoms with Crippen LogP contribution in [0, 0.1) is 11.6 Å². The summed E-state index contributed by atoms with van der Waals surface area (Å²) in [5.41, 5.74) is 0. The SMILES string of the molecule is CCNc1ncc(Cl)c(Oc2ccc(F)cc2F)n1. The van der Waals surface area contributed by atoms with Gasteiger partial charge in [-0.05, 0) is 19.1 Å². The number of ether oxygens (including phenoxy) is 1.